The van der Waals surface area contributed by atoms with Crippen molar-refractivity contribution in [3.05, 3.63) is 94.4 Å². The molecule has 0 spiro atoms. The number of hydrogen-bond acceptors (Lipinski definition) is 6. The molecule has 8 nitrogen and oxygen atoms in total. The molecule has 226 valence electrons. The van der Waals surface area contributed by atoms with Crippen LogP contribution >= 0.6 is 0 Å². The first-order valence-corrected chi connectivity index (χ1v) is 15.3. The molecule has 0 aliphatic carbocycles. The summed E-state index contributed by atoms with van der Waals surface area (Å²) in [5.74, 6) is -0.301. The Morgan fingerprint density at radius 1 is 1.09 bits per heavy atom. The number of anilines is 1. The van der Waals surface area contributed by atoms with Crippen molar-refractivity contribution >= 4 is 33.3 Å². The molecule has 9 heteroatoms. The summed E-state index contributed by atoms with van der Waals surface area (Å²) < 4.78 is 29.1. The van der Waals surface area contributed by atoms with Gasteiger partial charge in [0.05, 0.1) is 23.6 Å². The molecule has 2 aliphatic rings. The normalized spacial score (nSPS) is 15.8. The van der Waals surface area contributed by atoms with Gasteiger partial charge < -0.3 is 29.3 Å². The molecular formula is C35H35FN4O4. The van der Waals surface area contributed by atoms with Gasteiger partial charge in [-0.15, -0.1) is 0 Å². The van der Waals surface area contributed by atoms with Crippen LogP contribution in [0.5, 0.6) is 11.5 Å². The molecule has 1 amide bonds. The van der Waals surface area contributed by atoms with Crippen LogP contribution in [0, 0.1) is 5.82 Å². The van der Waals surface area contributed by atoms with Crippen LogP contribution in [0.2, 0.25) is 0 Å². The number of carbonyl (C=O) groups excluding carboxylic acids is 1. The first kappa shape index (κ1) is 28.2. The molecule has 2 aliphatic heterocycles. The second kappa shape index (κ2) is 11.8. The van der Waals surface area contributed by atoms with Gasteiger partial charge in [-0.1, -0.05) is 24.3 Å². The highest BCUT2D eigenvalue weighted by molar-refractivity contribution is 6.02. The van der Waals surface area contributed by atoms with Crippen LogP contribution in [0.3, 0.4) is 0 Å². The molecule has 1 unspecified atom stereocenters. The van der Waals surface area contributed by atoms with E-state index in [0.29, 0.717) is 36.1 Å². The second-order valence-electron chi connectivity index (χ2n) is 11.8. The van der Waals surface area contributed by atoms with E-state index < -0.39 is 17.2 Å². The van der Waals surface area contributed by atoms with Crippen molar-refractivity contribution in [2.24, 2.45) is 0 Å². The molecule has 1 fully saturated rings. The molecule has 7 rings (SSSR count). The number of rotatable bonds is 10. The number of pyridine rings is 1. The summed E-state index contributed by atoms with van der Waals surface area (Å²) in [4.78, 5) is 29.5. The van der Waals surface area contributed by atoms with Crippen LogP contribution in [-0.2, 0) is 6.42 Å². The van der Waals surface area contributed by atoms with Crippen LogP contribution in [0.25, 0.3) is 27.4 Å². The van der Waals surface area contributed by atoms with E-state index in [0.717, 1.165) is 61.4 Å². The Morgan fingerprint density at radius 2 is 1.93 bits per heavy atom. The van der Waals surface area contributed by atoms with Gasteiger partial charge in [0.2, 0.25) is 5.43 Å². The van der Waals surface area contributed by atoms with Gasteiger partial charge in [0, 0.05) is 25.3 Å². The Kier molecular flexibility index (Phi) is 7.56. The number of fused-ring (bicyclic) bond motifs is 3. The number of ether oxygens (including phenoxy) is 1. The number of unbranched alkanes of at least 4 members (excludes halogenated alkanes) is 1. The van der Waals surface area contributed by atoms with Gasteiger partial charge in [-0.2, -0.15) is 0 Å². The number of nitrogens with one attached hydrogen (secondary N) is 2. The zero-order chi connectivity index (χ0) is 30.2. The van der Waals surface area contributed by atoms with Crippen LogP contribution in [0.15, 0.2) is 76.5 Å². The molecule has 0 radical (unpaired) electrons. The van der Waals surface area contributed by atoms with Crippen molar-refractivity contribution in [1.82, 2.24) is 14.8 Å². The standard InChI is InChI=1S/C35H35FN4O4/c1-39-15-6-10-25(39)11-14-38-35(42)27-20-40-29-17-23-8-2-3-9-24(23)18-30(29)44-34-31(28(36)19-26(32(34)40)33(27)41)37-13-5-4-7-22-12-16-43-21-22/h2-3,8-9,12,16-21,25,37H,4-7,10-11,13-15H2,1H3,(H,38,42). The number of aromatic nitrogens is 1. The molecule has 2 aromatic heterocycles. The van der Waals surface area contributed by atoms with E-state index in [9.17, 15) is 9.59 Å². The molecule has 1 atom stereocenters. The van der Waals surface area contributed by atoms with E-state index in [2.05, 4.69) is 22.6 Å². The maximum atomic E-state index is 15.8. The van der Waals surface area contributed by atoms with Crippen molar-refractivity contribution in [1.29, 1.82) is 0 Å². The number of benzene rings is 3. The summed E-state index contributed by atoms with van der Waals surface area (Å²) in [7, 11) is 2.10. The molecule has 0 bridgehead atoms. The van der Waals surface area contributed by atoms with Crippen LogP contribution in [0.1, 0.15) is 48.0 Å². The zero-order valence-electron chi connectivity index (χ0n) is 24.7. The van der Waals surface area contributed by atoms with Crippen LogP contribution < -0.4 is 20.8 Å². The summed E-state index contributed by atoms with van der Waals surface area (Å²) >= 11 is 0. The third-order valence-electron chi connectivity index (χ3n) is 8.95. The molecule has 44 heavy (non-hydrogen) atoms. The number of likely N-dealkylation sites (tertiary alicyclic amines) is 1. The minimum Gasteiger partial charge on any atom is -0.472 e. The maximum absolute atomic E-state index is 15.8. The number of amides is 1. The summed E-state index contributed by atoms with van der Waals surface area (Å²) in [5.41, 5.74) is 1.89. The van der Waals surface area contributed by atoms with E-state index in [1.54, 1.807) is 23.3 Å². The van der Waals surface area contributed by atoms with Crippen LogP contribution in [0.4, 0.5) is 10.1 Å². The van der Waals surface area contributed by atoms with Crippen molar-refractivity contribution in [2.75, 3.05) is 32.0 Å². The zero-order valence-corrected chi connectivity index (χ0v) is 24.7. The fourth-order valence-electron chi connectivity index (χ4n) is 6.52. The van der Waals surface area contributed by atoms with E-state index in [1.165, 1.54) is 6.07 Å². The smallest absolute Gasteiger partial charge is 0.256 e. The van der Waals surface area contributed by atoms with E-state index >= 15 is 4.39 Å². The van der Waals surface area contributed by atoms with Crippen molar-refractivity contribution in [3.8, 4) is 17.2 Å². The quantitative estimate of drug-likeness (QED) is 0.173. The highest BCUT2D eigenvalue weighted by Crippen LogP contribution is 2.46. The molecule has 0 saturated carbocycles. The predicted molar refractivity (Wildman–Crippen MR) is 170 cm³/mol. The van der Waals surface area contributed by atoms with Gasteiger partial charge in [-0.05, 0) is 92.7 Å². The van der Waals surface area contributed by atoms with Gasteiger partial charge in [-0.3, -0.25) is 9.59 Å². The fraction of sp³-hybridized carbons (Fsp3) is 0.314. The molecule has 3 aromatic carbocycles. The highest BCUT2D eigenvalue weighted by atomic mass is 19.1. The van der Waals surface area contributed by atoms with Crippen molar-refractivity contribution in [2.45, 2.75) is 44.6 Å². The summed E-state index contributed by atoms with van der Waals surface area (Å²) in [6, 6.07) is 15.4. The Hall–Kier alpha value is -4.63. The topological polar surface area (TPSA) is 88.7 Å². The Labute approximate surface area is 254 Å². The average molecular weight is 595 g/mol. The first-order valence-electron chi connectivity index (χ1n) is 15.3. The second-order valence-corrected chi connectivity index (χ2v) is 11.8. The molecule has 5 aromatic rings. The monoisotopic (exact) mass is 594 g/mol. The van der Waals surface area contributed by atoms with E-state index in [-0.39, 0.29) is 22.4 Å². The number of carbonyl (C=O) groups is 1. The summed E-state index contributed by atoms with van der Waals surface area (Å²) in [5, 5.41) is 8.22. The third-order valence-corrected chi connectivity index (χ3v) is 8.95. The molecular weight excluding hydrogens is 559 g/mol. The first-order chi connectivity index (χ1) is 21.5. The van der Waals surface area contributed by atoms with Gasteiger partial charge >= 0.3 is 0 Å². The third kappa shape index (κ3) is 5.21. The lowest BCUT2D eigenvalue weighted by Crippen LogP contribution is -2.34. The molecule has 4 heterocycles. The van der Waals surface area contributed by atoms with Gasteiger partial charge in [0.25, 0.3) is 5.91 Å². The number of furan rings is 1. The maximum Gasteiger partial charge on any atom is 0.256 e. The Balaban J connectivity index is 1.25. The van der Waals surface area contributed by atoms with Gasteiger partial charge in [0.1, 0.15) is 16.8 Å². The van der Waals surface area contributed by atoms with Crippen molar-refractivity contribution < 1.29 is 18.3 Å². The van der Waals surface area contributed by atoms with Gasteiger partial charge in [0.15, 0.2) is 17.3 Å². The lowest BCUT2D eigenvalue weighted by Gasteiger charge is -2.27. The van der Waals surface area contributed by atoms with Gasteiger partial charge in [-0.25, -0.2) is 4.39 Å². The SMILES string of the molecule is CN1CCCC1CCNC(=O)c1cn2c3c(c(NCCCCc4ccoc4)c(F)cc3c1=O)Oc1cc3ccccc3cc1-2. The van der Waals surface area contributed by atoms with E-state index in [1.807, 2.05) is 42.5 Å². The van der Waals surface area contributed by atoms with Crippen LogP contribution in [-0.4, -0.2) is 48.1 Å². The lowest BCUT2D eigenvalue weighted by molar-refractivity contribution is 0.0949. The highest BCUT2D eigenvalue weighted by Gasteiger charge is 2.29. The predicted octanol–water partition coefficient (Wildman–Crippen LogP) is 6.63. The van der Waals surface area contributed by atoms with E-state index in [4.69, 9.17) is 9.15 Å². The summed E-state index contributed by atoms with van der Waals surface area (Å²) in [6.45, 7) is 2.03. The average Bonchev–Trinajstić information content (AvgIpc) is 3.70. The fourth-order valence-corrected chi connectivity index (χ4v) is 6.52. The summed E-state index contributed by atoms with van der Waals surface area (Å²) in [6.07, 6.45) is 10.6. The minimum atomic E-state index is -0.600. The lowest BCUT2D eigenvalue weighted by atomic mass is 10.0. The number of aryl methyl sites for hydroxylation is 1. The Morgan fingerprint density at radius 3 is 2.70 bits per heavy atom. The molecule has 2 N–H and O–H groups in total. The van der Waals surface area contributed by atoms with Crippen molar-refractivity contribution in [3.63, 3.8) is 0 Å². The number of halogens is 1. The molecule has 1 saturated heterocycles. The number of hydrogen-bond donors (Lipinski definition) is 2. The Bertz CT molecular complexity index is 1920. The number of nitrogens with zero attached hydrogens (tertiary/aromatic N) is 2. The largest absolute Gasteiger partial charge is 0.472 e. The minimum absolute atomic E-state index is 0.0245.